The molecule has 2 rings (SSSR count). The average molecular weight is 321 g/mol. The fourth-order valence-electron chi connectivity index (χ4n) is 3.40. The first-order valence-corrected chi connectivity index (χ1v) is 8.44. The number of carbonyl (C=O) groups is 1. The van der Waals surface area contributed by atoms with Crippen LogP contribution in [0.3, 0.4) is 0 Å². The lowest BCUT2D eigenvalue weighted by Gasteiger charge is -2.40. The Morgan fingerprint density at radius 2 is 2.09 bits per heavy atom. The van der Waals surface area contributed by atoms with Crippen LogP contribution in [0.5, 0.6) is 0 Å². The second kappa shape index (κ2) is 7.01. The van der Waals surface area contributed by atoms with Crippen LogP contribution in [-0.2, 0) is 10.3 Å². The highest BCUT2D eigenvalue weighted by Gasteiger charge is 2.43. The van der Waals surface area contributed by atoms with Gasteiger partial charge in [0.25, 0.3) is 0 Å². The number of nitrogens with zero attached hydrogens (tertiary/aromatic N) is 3. The minimum atomic E-state index is -0.572. The summed E-state index contributed by atoms with van der Waals surface area (Å²) < 4.78 is 1.84. The van der Waals surface area contributed by atoms with Crippen molar-refractivity contribution in [1.29, 1.82) is 0 Å². The van der Waals surface area contributed by atoms with Crippen LogP contribution < -0.4 is 10.6 Å². The van der Waals surface area contributed by atoms with E-state index in [0.717, 1.165) is 32.5 Å². The molecule has 23 heavy (non-hydrogen) atoms. The minimum absolute atomic E-state index is 0.00260. The Morgan fingerprint density at radius 1 is 1.43 bits per heavy atom. The van der Waals surface area contributed by atoms with Crippen molar-refractivity contribution in [2.24, 2.45) is 5.41 Å². The van der Waals surface area contributed by atoms with Crippen LogP contribution in [0.1, 0.15) is 33.6 Å². The maximum atomic E-state index is 13.1. The Kier molecular flexibility index (Phi) is 5.47. The molecule has 1 unspecified atom stereocenters. The molecule has 1 amide bonds. The summed E-state index contributed by atoms with van der Waals surface area (Å²) in [5.74, 6) is 0.0852. The molecule has 0 radical (unpaired) electrons. The maximum absolute atomic E-state index is 13.1. The fourth-order valence-corrected chi connectivity index (χ4v) is 3.40. The quantitative estimate of drug-likeness (QED) is 0.822. The average Bonchev–Trinajstić information content (AvgIpc) is 3.01. The predicted molar refractivity (Wildman–Crippen MR) is 92.2 cm³/mol. The van der Waals surface area contributed by atoms with Gasteiger partial charge >= 0.3 is 0 Å². The van der Waals surface area contributed by atoms with Gasteiger partial charge in [0, 0.05) is 25.0 Å². The first-order valence-electron chi connectivity index (χ1n) is 8.44. The minimum Gasteiger partial charge on any atom is -0.351 e. The maximum Gasteiger partial charge on any atom is 0.248 e. The number of carbonyl (C=O) groups excluding carboxylic acids is 1. The van der Waals surface area contributed by atoms with Crippen LogP contribution in [0.2, 0.25) is 0 Å². The molecule has 2 heterocycles. The molecule has 1 fully saturated rings. The second-order valence-electron chi connectivity index (χ2n) is 7.65. The lowest BCUT2D eigenvalue weighted by molar-refractivity contribution is -0.133. The van der Waals surface area contributed by atoms with Gasteiger partial charge in [-0.25, -0.2) is 0 Å². The van der Waals surface area contributed by atoms with E-state index in [0.29, 0.717) is 0 Å². The highest BCUT2D eigenvalue weighted by Crippen LogP contribution is 2.29. The van der Waals surface area contributed by atoms with Crippen LogP contribution >= 0.6 is 0 Å². The molecule has 0 aromatic carbocycles. The Bertz CT molecular complexity index is 503. The first-order chi connectivity index (χ1) is 10.8. The van der Waals surface area contributed by atoms with Crippen molar-refractivity contribution in [3.05, 3.63) is 18.5 Å². The van der Waals surface area contributed by atoms with E-state index in [4.69, 9.17) is 0 Å². The summed E-state index contributed by atoms with van der Waals surface area (Å²) in [4.78, 5) is 15.3. The standard InChI is InChI=1S/C17H31N5O/c1-14(16(2,3)13-21(4)5)20-15(23)17(7-10-18-11-8-17)22-12-6-9-19-22/h6,9,12,14,18H,7-8,10-11,13H2,1-5H3,(H,20,23). The summed E-state index contributed by atoms with van der Waals surface area (Å²) in [5, 5.41) is 11.0. The van der Waals surface area contributed by atoms with Gasteiger partial charge in [0.15, 0.2) is 0 Å². The first kappa shape index (κ1) is 17.9. The molecule has 6 heteroatoms. The molecular weight excluding hydrogens is 290 g/mol. The van der Waals surface area contributed by atoms with Gasteiger partial charge in [-0.05, 0) is 58.4 Å². The zero-order valence-electron chi connectivity index (χ0n) is 15.1. The van der Waals surface area contributed by atoms with Crippen LogP contribution in [0.25, 0.3) is 0 Å². The summed E-state index contributed by atoms with van der Waals surface area (Å²) in [6.45, 7) is 9.08. The van der Waals surface area contributed by atoms with Gasteiger partial charge in [-0.15, -0.1) is 0 Å². The number of aromatic nitrogens is 2. The van der Waals surface area contributed by atoms with Crippen molar-refractivity contribution < 1.29 is 4.79 Å². The largest absolute Gasteiger partial charge is 0.351 e. The third-order valence-corrected chi connectivity index (χ3v) is 5.04. The number of hydrogen-bond donors (Lipinski definition) is 2. The molecule has 0 aliphatic carbocycles. The molecule has 0 saturated carbocycles. The summed E-state index contributed by atoms with van der Waals surface area (Å²) in [7, 11) is 4.13. The molecule has 2 N–H and O–H groups in total. The van der Waals surface area contributed by atoms with Crippen LogP contribution in [-0.4, -0.2) is 60.4 Å². The number of hydrogen-bond acceptors (Lipinski definition) is 4. The van der Waals surface area contributed by atoms with Gasteiger partial charge in [-0.3, -0.25) is 9.48 Å². The molecule has 1 saturated heterocycles. The number of piperidine rings is 1. The van der Waals surface area contributed by atoms with Gasteiger partial charge in [-0.1, -0.05) is 13.8 Å². The third kappa shape index (κ3) is 3.93. The van der Waals surface area contributed by atoms with E-state index in [1.165, 1.54) is 0 Å². The number of rotatable bonds is 6. The Labute approximate surface area is 139 Å². The van der Waals surface area contributed by atoms with Crippen molar-refractivity contribution in [3.8, 4) is 0 Å². The summed E-state index contributed by atoms with van der Waals surface area (Å²) in [5.41, 5.74) is -0.575. The van der Waals surface area contributed by atoms with Gasteiger partial charge in [0.2, 0.25) is 5.91 Å². The van der Waals surface area contributed by atoms with Gasteiger partial charge < -0.3 is 15.5 Å². The van der Waals surface area contributed by atoms with E-state index >= 15 is 0 Å². The highest BCUT2D eigenvalue weighted by atomic mass is 16.2. The molecule has 1 aliphatic rings. The number of amides is 1. The van der Waals surface area contributed by atoms with Gasteiger partial charge in [0.05, 0.1) is 0 Å². The highest BCUT2D eigenvalue weighted by molar-refractivity contribution is 5.84. The molecule has 6 nitrogen and oxygen atoms in total. The van der Waals surface area contributed by atoms with Crippen LogP contribution in [0.15, 0.2) is 18.5 Å². The molecule has 0 bridgehead atoms. The van der Waals surface area contributed by atoms with Crippen molar-refractivity contribution in [3.63, 3.8) is 0 Å². The molecule has 130 valence electrons. The van der Waals surface area contributed by atoms with E-state index in [-0.39, 0.29) is 17.4 Å². The van der Waals surface area contributed by atoms with Crippen LogP contribution in [0, 0.1) is 5.41 Å². The lowest BCUT2D eigenvalue weighted by Crippen LogP contribution is -2.58. The normalized spacial score (nSPS) is 19.6. The van der Waals surface area contributed by atoms with Crippen molar-refractivity contribution in [1.82, 2.24) is 25.3 Å². The summed E-state index contributed by atoms with van der Waals surface area (Å²) in [6.07, 6.45) is 5.18. The van der Waals surface area contributed by atoms with E-state index < -0.39 is 5.54 Å². The SMILES string of the molecule is CC(NC(=O)C1(n2cccn2)CCNCC1)C(C)(C)CN(C)C. The molecule has 1 aromatic rings. The fraction of sp³-hybridized carbons (Fsp3) is 0.765. The lowest BCUT2D eigenvalue weighted by atomic mass is 9.82. The van der Waals surface area contributed by atoms with E-state index in [1.807, 2.05) is 16.9 Å². The van der Waals surface area contributed by atoms with Crippen LogP contribution in [0.4, 0.5) is 0 Å². The monoisotopic (exact) mass is 321 g/mol. The zero-order valence-corrected chi connectivity index (χ0v) is 15.1. The topological polar surface area (TPSA) is 62.2 Å². The Morgan fingerprint density at radius 3 is 2.61 bits per heavy atom. The molecule has 0 spiro atoms. The van der Waals surface area contributed by atoms with Crippen molar-refractivity contribution >= 4 is 5.91 Å². The predicted octanol–water partition coefficient (Wildman–Crippen LogP) is 1.05. The second-order valence-corrected chi connectivity index (χ2v) is 7.65. The van der Waals surface area contributed by atoms with Crippen molar-refractivity contribution in [2.75, 3.05) is 33.7 Å². The van der Waals surface area contributed by atoms with E-state index in [1.54, 1.807) is 6.20 Å². The number of nitrogens with one attached hydrogen (secondary N) is 2. The van der Waals surface area contributed by atoms with E-state index in [2.05, 4.69) is 55.5 Å². The Balaban J connectivity index is 2.16. The third-order valence-electron chi connectivity index (χ3n) is 5.04. The van der Waals surface area contributed by atoms with Crippen molar-refractivity contribution in [2.45, 2.75) is 45.2 Å². The molecule has 1 aromatic heterocycles. The summed E-state index contributed by atoms with van der Waals surface area (Å²) >= 11 is 0. The molecule has 1 aliphatic heterocycles. The summed E-state index contributed by atoms with van der Waals surface area (Å²) in [6, 6.07) is 1.97. The molecular formula is C17H31N5O. The van der Waals surface area contributed by atoms with Gasteiger partial charge in [-0.2, -0.15) is 5.10 Å². The van der Waals surface area contributed by atoms with E-state index in [9.17, 15) is 4.79 Å². The molecule has 1 atom stereocenters. The smallest absolute Gasteiger partial charge is 0.248 e. The van der Waals surface area contributed by atoms with Gasteiger partial charge in [0.1, 0.15) is 5.54 Å². The zero-order chi connectivity index (χ0) is 17.1. The Hall–Kier alpha value is -1.40.